The second-order valence-corrected chi connectivity index (χ2v) is 6.74. The molecule has 0 bridgehead atoms. The van der Waals surface area contributed by atoms with Crippen LogP contribution in [0.1, 0.15) is 78.1 Å². The molecule has 2 unspecified atom stereocenters. The van der Waals surface area contributed by atoms with Gasteiger partial charge in [0.25, 0.3) is 0 Å². The molecule has 1 aliphatic rings. The van der Waals surface area contributed by atoms with E-state index in [0.717, 1.165) is 44.8 Å². The summed E-state index contributed by atoms with van der Waals surface area (Å²) in [6.07, 6.45) is 11.5. The fraction of sp³-hybridized carbons (Fsp3) is 0.944. The summed E-state index contributed by atoms with van der Waals surface area (Å²) in [7, 11) is 0. The average Bonchev–Trinajstić information content (AvgIpc) is 2.71. The summed E-state index contributed by atoms with van der Waals surface area (Å²) in [4.78, 5) is 14.5. The molecule has 0 aromatic carbocycles. The van der Waals surface area contributed by atoms with E-state index in [-0.39, 0.29) is 0 Å². The molecule has 2 N–H and O–H groups in total. The Morgan fingerprint density at radius 1 is 1.14 bits per heavy atom. The number of nitrogens with zero attached hydrogens (tertiary/aromatic N) is 1. The molecule has 1 fully saturated rings. The van der Waals surface area contributed by atoms with Crippen LogP contribution >= 0.6 is 0 Å². The van der Waals surface area contributed by atoms with E-state index in [4.69, 9.17) is 5.73 Å². The first-order valence-corrected chi connectivity index (χ1v) is 9.19. The first kappa shape index (κ1) is 18.5. The van der Waals surface area contributed by atoms with E-state index in [1.54, 1.807) is 0 Å². The van der Waals surface area contributed by atoms with Crippen molar-refractivity contribution >= 4 is 5.91 Å². The summed E-state index contributed by atoms with van der Waals surface area (Å²) in [5.41, 5.74) is 5.68. The van der Waals surface area contributed by atoms with Crippen molar-refractivity contribution in [1.82, 2.24) is 4.90 Å². The molecule has 124 valence electrons. The van der Waals surface area contributed by atoms with Gasteiger partial charge in [-0.1, -0.05) is 39.5 Å². The zero-order chi connectivity index (χ0) is 15.5. The van der Waals surface area contributed by atoms with E-state index in [1.165, 1.54) is 44.9 Å². The zero-order valence-corrected chi connectivity index (χ0v) is 14.3. The Kier molecular flexibility index (Phi) is 9.73. The number of hydrogen-bond acceptors (Lipinski definition) is 2. The van der Waals surface area contributed by atoms with Gasteiger partial charge in [0.05, 0.1) is 0 Å². The maximum Gasteiger partial charge on any atom is 0.222 e. The van der Waals surface area contributed by atoms with Crippen LogP contribution in [-0.4, -0.2) is 30.4 Å². The van der Waals surface area contributed by atoms with Crippen molar-refractivity contribution < 1.29 is 4.79 Å². The smallest absolute Gasteiger partial charge is 0.222 e. The van der Waals surface area contributed by atoms with Crippen molar-refractivity contribution in [2.75, 3.05) is 19.6 Å². The van der Waals surface area contributed by atoms with Crippen LogP contribution in [0.4, 0.5) is 0 Å². The molecule has 3 heteroatoms. The third-order valence-electron chi connectivity index (χ3n) is 4.94. The van der Waals surface area contributed by atoms with Gasteiger partial charge in [-0.2, -0.15) is 0 Å². The maximum atomic E-state index is 12.4. The highest BCUT2D eigenvalue weighted by atomic mass is 16.2. The minimum absolute atomic E-state index is 0.380. The van der Waals surface area contributed by atoms with Crippen molar-refractivity contribution in [2.24, 2.45) is 17.6 Å². The molecule has 21 heavy (non-hydrogen) atoms. The number of amides is 1. The first-order chi connectivity index (χ1) is 10.2. The zero-order valence-electron chi connectivity index (χ0n) is 14.3. The highest BCUT2D eigenvalue weighted by Crippen LogP contribution is 2.23. The first-order valence-electron chi connectivity index (χ1n) is 9.19. The minimum atomic E-state index is 0.380. The highest BCUT2D eigenvalue weighted by molar-refractivity contribution is 5.76. The molecule has 1 heterocycles. The molecule has 3 nitrogen and oxygen atoms in total. The third kappa shape index (κ3) is 7.30. The number of likely N-dealkylation sites (tertiary alicyclic amines) is 1. The minimum Gasteiger partial charge on any atom is -0.343 e. The summed E-state index contributed by atoms with van der Waals surface area (Å²) < 4.78 is 0. The van der Waals surface area contributed by atoms with E-state index >= 15 is 0 Å². The number of rotatable bonds is 9. The molecular formula is C18H36N2O. The molecule has 0 aromatic rings. The molecule has 0 saturated carbocycles. The molecule has 1 amide bonds. The molecular weight excluding hydrogens is 260 g/mol. The van der Waals surface area contributed by atoms with Crippen LogP contribution in [0.25, 0.3) is 0 Å². The van der Waals surface area contributed by atoms with E-state index in [0.29, 0.717) is 11.8 Å². The monoisotopic (exact) mass is 296 g/mol. The van der Waals surface area contributed by atoms with Gasteiger partial charge in [-0.15, -0.1) is 0 Å². The second-order valence-electron chi connectivity index (χ2n) is 6.74. The number of hydrogen-bond donors (Lipinski definition) is 1. The molecule has 1 aliphatic heterocycles. The van der Waals surface area contributed by atoms with Gasteiger partial charge in [0, 0.05) is 19.5 Å². The molecule has 2 atom stereocenters. The summed E-state index contributed by atoms with van der Waals surface area (Å²) in [5, 5.41) is 0. The lowest BCUT2D eigenvalue weighted by Gasteiger charge is -2.22. The van der Waals surface area contributed by atoms with E-state index in [9.17, 15) is 4.79 Å². The predicted molar refractivity (Wildman–Crippen MR) is 90.1 cm³/mol. The van der Waals surface area contributed by atoms with Gasteiger partial charge in [0.1, 0.15) is 0 Å². The SMILES string of the molecule is CCCC(CCN)CCC(=O)N1CCCC(CCC)CC1. The number of nitrogens with two attached hydrogens (primary N) is 1. The fourth-order valence-corrected chi connectivity index (χ4v) is 3.67. The maximum absolute atomic E-state index is 12.4. The Balaban J connectivity index is 2.33. The van der Waals surface area contributed by atoms with Gasteiger partial charge in [0.2, 0.25) is 5.91 Å². The Labute approximate surface area is 131 Å². The van der Waals surface area contributed by atoms with Gasteiger partial charge in [-0.3, -0.25) is 4.79 Å². The van der Waals surface area contributed by atoms with Gasteiger partial charge in [-0.05, 0) is 50.5 Å². The van der Waals surface area contributed by atoms with Crippen LogP contribution in [0.5, 0.6) is 0 Å². The van der Waals surface area contributed by atoms with Crippen LogP contribution in [0.3, 0.4) is 0 Å². The van der Waals surface area contributed by atoms with Crippen LogP contribution in [0.15, 0.2) is 0 Å². The Morgan fingerprint density at radius 2 is 1.95 bits per heavy atom. The lowest BCUT2D eigenvalue weighted by Crippen LogP contribution is -2.32. The molecule has 0 aromatic heterocycles. The van der Waals surface area contributed by atoms with E-state index in [1.807, 2.05) is 0 Å². The third-order valence-corrected chi connectivity index (χ3v) is 4.94. The molecule has 0 aliphatic carbocycles. The van der Waals surface area contributed by atoms with Crippen LogP contribution in [0.2, 0.25) is 0 Å². The Hall–Kier alpha value is -0.570. The van der Waals surface area contributed by atoms with Crippen LogP contribution in [0, 0.1) is 11.8 Å². The number of carbonyl (C=O) groups is 1. The lowest BCUT2D eigenvalue weighted by molar-refractivity contribution is -0.131. The van der Waals surface area contributed by atoms with Crippen LogP contribution < -0.4 is 5.73 Å². The Morgan fingerprint density at radius 3 is 2.62 bits per heavy atom. The topological polar surface area (TPSA) is 46.3 Å². The molecule has 0 radical (unpaired) electrons. The molecule has 1 rings (SSSR count). The van der Waals surface area contributed by atoms with E-state index in [2.05, 4.69) is 18.7 Å². The number of carbonyl (C=O) groups excluding carboxylic acids is 1. The second kappa shape index (κ2) is 11.1. The quantitative estimate of drug-likeness (QED) is 0.700. The summed E-state index contributed by atoms with van der Waals surface area (Å²) in [5.74, 6) is 1.87. The average molecular weight is 296 g/mol. The van der Waals surface area contributed by atoms with Crippen LogP contribution in [-0.2, 0) is 4.79 Å². The largest absolute Gasteiger partial charge is 0.343 e. The summed E-state index contributed by atoms with van der Waals surface area (Å²) in [6.45, 7) is 7.20. The van der Waals surface area contributed by atoms with Crippen molar-refractivity contribution in [3.63, 3.8) is 0 Å². The fourth-order valence-electron chi connectivity index (χ4n) is 3.67. The van der Waals surface area contributed by atoms with E-state index < -0.39 is 0 Å². The standard InChI is InChI=1S/C18H36N2O/c1-3-6-16-8-5-14-20(15-12-16)18(21)10-9-17(7-4-2)11-13-19/h16-17H,3-15,19H2,1-2H3. The van der Waals surface area contributed by atoms with Gasteiger partial charge in [0.15, 0.2) is 0 Å². The summed E-state index contributed by atoms with van der Waals surface area (Å²) in [6, 6.07) is 0. The lowest BCUT2D eigenvalue weighted by atomic mass is 9.94. The Bertz CT molecular complexity index is 274. The normalized spacial score (nSPS) is 21.1. The van der Waals surface area contributed by atoms with Gasteiger partial charge < -0.3 is 10.6 Å². The molecule has 1 saturated heterocycles. The molecule has 0 spiro atoms. The van der Waals surface area contributed by atoms with Crippen molar-refractivity contribution in [3.8, 4) is 0 Å². The predicted octanol–water partition coefficient (Wildman–Crippen LogP) is 3.96. The van der Waals surface area contributed by atoms with Crippen molar-refractivity contribution in [1.29, 1.82) is 0 Å². The van der Waals surface area contributed by atoms with Gasteiger partial charge >= 0.3 is 0 Å². The highest BCUT2D eigenvalue weighted by Gasteiger charge is 2.20. The van der Waals surface area contributed by atoms with Crippen molar-refractivity contribution in [2.45, 2.75) is 78.1 Å². The summed E-state index contributed by atoms with van der Waals surface area (Å²) >= 11 is 0. The van der Waals surface area contributed by atoms with Crippen molar-refractivity contribution in [3.05, 3.63) is 0 Å². The van der Waals surface area contributed by atoms with Gasteiger partial charge in [-0.25, -0.2) is 0 Å².